The summed E-state index contributed by atoms with van der Waals surface area (Å²) in [4.78, 5) is -8.42. The van der Waals surface area contributed by atoms with Gasteiger partial charge in [0.15, 0.2) is 37.7 Å². The van der Waals surface area contributed by atoms with Crippen LogP contribution in [0.2, 0.25) is 0 Å². The topological polar surface area (TPSA) is 555 Å². The first kappa shape index (κ1) is 60.9. The lowest BCUT2D eigenvalue weighted by Crippen LogP contribution is -2.16. The van der Waals surface area contributed by atoms with Gasteiger partial charge in [-0.05, 0) is 41.8 Å². The van der Waals surface area contributed by atoms with E-state index in [1.54, 1.807) is 0 Å². The van der Waals surface area contributed by atoms with E-state index in [0.29, 0.717) is 24.3 Å². The zero-order valence-electron chi connectivity index (χ0n) is 33.7. The van der Waals surface area contributed by atoms with E-state index in [2.05, 4.69) is 66.3 Å². The predicted molar refractivity (Wildman–Crippen MR) is 233 cm³/mol. The molecule has 4 rings (SSSR count). The van der Waals surface area contributed by atoms with E-state index in [4.69, 9.17) is 31.3 Å². The highest BCUT2D eigenvalue weighted by Gasteiger charge is 2.31. The third kappa shape index (κ3) is 16.2. The fraction of sp³-hybridized carbons (Fsp3) is 0.154. The Morgan fingerprint density at radius 1 is 0.500 bits per heavy atom. The van der Waals surface area contributed by atoms with Crippen molar-refractivity contribution in [2.45, 2.75) is 39.2 Å². The van der Waals surface area contributed by atoms with E-state index >= 15 is 0 Å². The van der Waals surface area contributed by atoms with Gasteiger partial charge in [0.1, 0.15) is 37.4 Å². The fourth-order valence-corrected chi connectivity index (χ4v) is 12.2. The number of nitrogens with zero attached hydrogens (tertiary/aromatic N) is 4. The summed E-state index contributed by atoms with van der Waals surface area (Å²) in [5.41, 5.74) is 0.794. The monoisotopic (exact) mass is 1220 g/mol. The fourth-order valence-electron chi connectivity index (χ4n) is 5.21. The van der Waals surface area contributed by atoms with Crippen molar-refractivity contribution >= 4 is 148 Å². The van der Waals surface area contributed by atoms with Crippen LogP contribution in [0, 0.1) is 0 Å². The molecule has 0 radical (unpaired) electrons. The minimum absolute atomic E-state index is 0.0208. The number of sulfone groups is 2. The van der Waals surface area contributed by atoms with Crippen LogP contribution in [0.1, 0.15) is 0 Å². The lowest BCUT2D eigenvalue weighted by molar-refractivity contribution is -0.434. The van der Waals surface area contributed by atoms with Crippen molar-refractivity contribution in [3.05, 3.63) is 36.4 Å². The smallest absolute Gasteiger partial charge is 0.397 e. The minimum atomic E-state index is -5.68. The number of hydrogen-bond acceptors (Lipinski definition) is 36. The molecule has 0 amide bonds. The number of anilines is 1. The second-order valence-corrected chi connectivity index (χ2v) is 24.5. The Labute approximate surface area is 418 Å². The van der Waals surface area contributed by atoms with E-state index in [-0.39, 0.29) is 54.5 Å². The Morgan fingerprint density at radius 2 is 0.889 bits per heavy atom. The van der Waals surface area contributed by atoms with Gasteiger partial charge in [-0.1, -0.05) is 20.2 Å². The van der Waals surface area contributed by atoms with Gasteiger partial charge in [0.05, 0.1) is 96.4 Å². The van der Waals surface area contributed by atoms with Crippen LogP contribution < -0.4 is 5.73 Å². The maximum absolute atomic E-state index is 13.1. The van der Waals surface area contributed by atoms with Gasteiger partial charge in [0.2, 0.25) is 0 Å². The number of fused-ring (bicyclic) bond motifs is 1. The number of hydrogen-bond donors (Lipinski definition) is 10. The zero-order valence-corrected chi connectivity index (χ0v) is 41.9. The SMILES string of the molecule is Nc1c(/N=N/c2c(SOOO)cc(S(=O)(=O)CCOS(=O)(=O)O)cc2S(=O)(=O)O)c(S(=O)(=O)O)cc2cc(SOOO)c(/N=N/c3c(SOOO)cc(S(=O)(=O)CCOSOOO)cc3S(=O)(=O)O)c(O)c12. The summed E-state index contributed by atoms with van der Waals surface area (Å²) in [5, 5.41) is 73.3. The van der Waals surface area contributed by atoms with Gasteiger partial charge in [-0.3, -0.25) is 22.4 Å². The van der Waals surface area contributed by atoms with E-state index in [9.17, 15) is 69.3 Å². The normalized spacial score (nSPS) is 13.3. The van der Waals surface area contributed by atoms with E-state index in [0.717, 1.165) is 6.07 Å². The molecule has 4 aromatic rings. The molecule has 4 aromatic carbocycles. The van der Waals surface area contributed by atoms with Gasteiger partial charge in [0.25, 0.3) is 30.4 Å². The number of aromatic hydroxyl groups is 1. The summed E-state index contributed by atoms with van der Waals surface area (Å²) in [5.74, 6) is -3.50. The molecule has 0 atom stereocenters. The molecule has 11 N–H and O–H groups in total. The molecule has 0 spiro atoms. The predicted octanol–water partition coefficient (Wildman–Crippen LogP) is 4.35. The van der Waals surface area contributed by atoms with Crippen molar-refractivity contribution in [3.63, 3.8) is 0 Å². The molecule has 0 unspecified atom stereocenters. The van der Waals surface area contributed by atoms with E-state index in [1.165, 1.54) is 0 Å². The molecular weight excluding hydrogens is 1200 g/mol. The Bertz CT molecular complexity index is 3430. The second-order valence-electron chi connectivity index (χ2n) is 12.3. The van der Waals surface area contributed by atoms with Crippen LogP contribution in [0.3, 0.4) is 0 Å². The van der Waals surface area contributed by atoms with Crippen molar-refractivity contribution < 1.29 is 141 Å². The molecular formula is C26H25N5O31S10. The van der Waals surface area contributed by atoms with Crippen LogP contribution in [0.5, 0.6) is 5.75 Å². The highest BCUT2D eigenvalue weighted by atomic mass is 32.3. The number of benzene rings is 4. The third-order valence-electron chi connectivity index (χ3n) is 7.98. The molecule has 0 aliphatic rings. The van der Waals surface area contributed by atoms with E-state index in [1.807, 2.05) is 0 Å². The van der Waals surface area contributed by atoms with Crippen molar-refractivity contribution in [2.24, 2.45) is 20.5 Å². The van der Waals surface area contributed by atoms with Crippen LogP contribution >= 0.6 is 48.5 Å². The molecule has 72 heavy (non-hydrogen) atoms. The van der Waals surface area contributed by atoms with Crippen molar-refractivity contribution in [1.29, 1.82) is 0 Å². The third-order valence-corrected chi connectivity index (χ3v) is 16.6. The van der Waals surface area contributed by atoms with Crippen LogP contribution in [-0.2, 0) is 106 Å². The Hall–Kier alpha value is -3.68. The summed E-state index contributed by atoms with van der Waals surface area (Å²) < 4.78 is 215. The summed E-state index contributed by atoms with van der Waals surface area (Å²) in [6, 6.07) is 3.03. The first-order valence-electron chi connectivity index (χ1n) is 16.9. The average Bonchev–Trinajstić information content (AvgIpc) is 3.26. The first-order chi connectivity index (χ1) is 33.4. The largest absolute Gasteiger partial charge is 0.505 e. The Morgan fingerprint density at radius 3 is 1.31 bits per heavy atom. The highest BCUT2D eigenvalue weighted by Crippen LogP contribution is 2.51. The van der Waals surface area contributed by atoms with E-state index < -0.39 is 169 Å². The van der Waals surface area contributed by atoms with Gasteiger partial charge in [-0.25, -0.2) is 42.0 Å². The van der Waals surface area contributed by atoms with Gasteiger partial charge in [0, 0.05) is 0 Å². The maximum Gasteiger partial charge on any atom is 0.397 e. The van der Waals surface area contributed by atoms with Crippen molar-refractivity contribution in [3.8, 4) is 5.75 Å². The van der Waals surface area contributed by atoms with Gasteiger partial charge in [-0.2, -0.15) is 33.7 Å². The highest BCUT2D eigenvalue weighted by molar-refractivity contribution is 7.95. The van der Waals surface area contributed by atoms with Gasteiger partial charge >= 0.3 is 10.4 Å². The summed E-state index contributed by atoms with van der Waals surface area (Å²) in [6.45, 7) is -1.96. The number of phenolic OH excluding ortho intramolecular Hbond substituents is 1. The molecule has 0 bridgehead atoms. The molecule has 36 nitrogen and oxygen atoms in total. The van der Waals surface area contributed by atoms with Crippen LogP contribution in [0.4, 0.5) is 28.4 Å². The summed E-state index contributed by atoms with van der Waals surface area (Å²) in [7, 11) is -31.5. The quantitative estimate of drug-likeness (QED) is 0.00718. The number of nitrogen functional groups attached to an aromatic ring is 1. The lowest BCUT2D eigenvalue weighted by Gasteiger charge is -2.15. The van der Waals surface area contributed by atoms with Crippen molar-refractivity contribution in [1.82, 2.24) is 0 Å². The molecule has 400 valence electrons. The second kappa shape index (κ2) is 25.2. The molecule has 0 aromatic heterocycles. The molecule has 0 aliphatic carbocycles. The van der Waals surface area contributed by atoms with Crippen LogP contribution in [0.25, 0.3) is 10.8 Å². The molecule has 0 fully saturated rings. The molecule has 0 saturated carbocycles. The van der Waals surface area contributed by atoms with Gasteiger partial charge in [-0.15, -0.1) is 37.8 Å². The molecule has 0 heterocycles. The summed E-state index contributed by atoms with van der Waals surface area (Å²) >= 11 is -0.481. The number of phenols is 1. The average molecular weight is 1220 g/mol. The van der Waals surface area contributed by atoms with Crippen LogP contribution in [0.15, 0.2) is 96.0 Å². The Balaban J connectivity index is 2.05. The van der Waals surface area contributed by atoms with Crippen LogP contribution in [-0.4, -0.2) is 120 Å². The number of azo groups is 2. The lowest BCUT2D eigenvalue weighted by atomic mass is 10.1. The zero-order chi connectivity index (χ0) is 54.0. The number of rotatable bonds is 28. The molecule has 0 saturated heterocycles. The number of nitrogens with two attached hydrogens (primary N) is 1. The standard InChI is InChI=1S/C26H25N5O31S10/c27-21-20-11(6-17(69(41,42)43)25(21)31-29-23-16(65-61-57-35)8-13(10-19(23)71(47,48)49)68(39,40)4-2-54-72(50,51)52)5-14(63-59-55-33)24(26(20)32)30-28-22-15(64-60-56-34)7-12(9-18(22)70(44,45)46)67(37,38)3-1-53-66-62-58-36/h5-10,32-36H,1-4,27H2,(H,41,42,43)(H,44,45,46)(H,47,48,49)(H,50,51,52)/b30-28+,31-29+. The summed E-state index contributed by atoms with van der Waals surface area (Å²) in [6.07, 6.45) is 0. The maximum atomic E-state index is 13.1. The van der Waals surface area contributed by atoms with Crippen molar-refractivity contribution in [2.75, 3.05) is 30.5 Å². The Kier molecular flexibility index (Phi) is 21.3. The molecule has 46 heteroatoms. The van der Waals surface area contributed by atoms with Gasteiger partial charge < -0.3 is 10.8 Å². The minimum Gasteiger partial charge on any atom is -0.505 e. The molecule has 0 aliphatic heterocycles. The first-order valence-corrected chi connectivity index (χ1v) is 28.8.